The molecule has 6 nitrogen and oxygen atoms in total. The molecule has 1 aliphatic heterocycles. The first-order valence-corrected chi connectivity index (χ1v) is 9.76. The molecule has 1 saturated heterocycles. The summed E-state index contributed by atoms with van der Waals surface area (Å²) in [5.41, 5.74) is 0.751. The molecule has 0 saturated carbocycles. The number of aromatic nitrogens is 2. The molecule has 1 aromatic carbocycles. The molecule has 0 bridgehead atoms. The number of hydrogen-bond acceptors (Lipinski definition) is 5. The molecule has 1 N–H and O–H groups in total. The van der Waals surface area contributed by atoms with Gasteiger partial charge in [-0.15, -0.1) is 0 Å². The van der Waals surface area contributed by atoms with Crippen LogP contribution in [0.15, 0.2) is 42.9 Å². The Morgan fingerprint density at radius 1 is 1.17 bits per heavy atom. The number of hydrogen-bond donors (Lipinski definition) is 1. The van der Waals surface area contributed by atoms with Gasteiger partial charge in [-0.25, -0.2) is 22.7 Å². The van der Waals surface area contributed by atoms with E-state index in [1.54, 1.807) is 34.8 Å². The van der Waals surface area contributed by atoms with Gasteiger partial charge >= 0.3 is 0 Å². The summed E-state index contributed by atoms with van der Waals surface area (Å²) in [6.07, 6.45) is 4.68. The van der Waals surface area contributed by atoms with Crippen molar-refractivity contribution in [3.05, 3.63) is 53.4 Å². The van der Waals surface area contributed by atoms with E-state index in [4.69, 9.17) is 11.6 Å². The molecule has 0 atom stereocenters. The molecule has 2 aromatic rings. The predicted molar refractivity (Wildman–Crippen MR) is 94.3 cm³/mol. The van der Waals surface area contributed by atoms with Crippen molar-refractivity contribution in [3.63, 3.8) is 0 Å². The van der Waals surface area contributed by atoms with E-state index in [0.717, 1.165) is 24.2 Å². The minimum absolute atomic E-state index is 0.00811. The van der Waals surface area contributed by atoms with Crippen molar-refractivity contribution < 1.29 is 8.42 Å². The number of nitrogens with zero attached hydrogens (tertiary/aromatic N) is 3. The van der Waals surface area contributed by atoms with Crippen molar-refractivity contribution >= 4 is 27.4 Å². The predicted octanol–water partition coefficient (Wildman–Crippen LogP) is 2.54. The Morgan fingerprint density at radius 3 is 2.50 bits per heavy atom. The second-order valence-electron chi connectivity index (χ2n) is 5.79. The van der Waals surface area contributed by atoms with Gasteiger partial charge in [0.1, 0.15) is 12.1 Å². The van der Waals surface area contributed by atoms with Crippen LogP contribution in [0.1, 0.15) is 18.4 Å². The van der Waals surface area contributed by atoms with E-state index in [1.165, 1.54) is 6.33 Å². The molecule has 0 amide bonds. The zero-order valence-electron chi connectivity index (χ0n) is 13.1. The van der Waals surface area contributed by atoms with E-state index < -0.39 is 10.0 Å². The smallest absolute Gasteiger partial charge is 0.218 e. The molecular weight excluding hydrogens is 348 g/mol. The van der Waals surface area contributed by atoms with E-state index in [-0.39, 0.29) is 11.8 Å². The first-order valence-electron chi connectivity index (χ1n) is 7.78. The van der Waals surface area contributed by atoms with Crippen LogP contribution in [-0.4, -0.2) is 41.8 Å². The molecular formula is C16H19ClN4O2S. The van der Waals surface area contributed by atoms with Crippen LogP contribution in [0, 0.1) is 0 Å². The van der Waals surface area contributed by atoms with Crippen LogP contribution in [0.4, 0.5) is 5.82 Å². The summed E-state index contributed by atoms with van der Waals surface area (Å²) in [6, 6.07) is 8.96. The highest BCUT2D eigenvalue weighted by atomic mass is 35.5. The van der Waals surface area contributed by atoms with Gasteiger partial charge in [-0.1, -0.05) is 23.7 Å². The molecule has 0 spiro atoms. The Labute approximate surface area is 146 Å². The van der Waals surface area contributed by atoms with Gasteiger partial charge in [-0.05, 0) is 36.6 Å². The summed E-state index contributed by atoms with van der Waals surface area (Å²) < 4.78 is 26.7. The van der Waals surface area contributed by atoms with Gasteiger partial charge < -0.3 is 5.32 Å². The molecule has 24 heavy (non-hydrogen) atoms. The summed E-state index contributed by atoms with van der Waals surface area (Å²) in [7, 11) is -3.31. The SMILES string of the molecule is O=S(=O)(Cc1ccc(Cl)cc1)N1CCC(Nc2ccncn2)CC1. The third kappa shape index (κ3) is 4.43. The van der Waals surface area contributed by atoms with E-state index in [2.05, 4.69) is 15.3 Å². The van der Waals surface area contributed by atoms with Crippen molar-refractivity contribution in [1.29, 1.82) is 0 Å². The maximum atomic E-state index is 12.6. The van der Waals surface area contributed by atoms with E-state index in [0.29, 0.717) is 18.1 Å². The van der Waals surface area contributed by atoms with E-state index in [1.807, 2.05) is 6.07 Å². The lowest BCUT2D eigenvalue weighted by molar-refractivity contribution is 0.329. The van der Waals surface area contributed by atoms with Crippen molar-refractivity contribution in [2.45, 2.75) is 24.6 Å². The second kappa shape index (κ2) is 7.46. The maximum Gasteiger partial charge on any atom is 0.218 e. The maximum absolute atomic E-state index is 12.6. The fourth-order valence-corrected chi connectivity index (χ4v) is 4.44. The standard InChI is InChI=1S/C16H19ClN4O2S/c17-14-3-1-13(2-4-14)11-24(22,23)21-9-6-15(7-10-21)20-16-5-8-18-12-19-16/h1-5,8,12,15H,6-7,9-11H2,(H,18,19,20). The van der Waals surface area contributed by atoms with Crippen LogP contribution < -0.4 is 5.32 Å². The Bertz CT molecular complexity index is 760. The highest BCUT2D eigenvalue weighted by Gasteiger charge is 2.28. The summed E-state index contributed by atoms with van der Waals surface area (Å²) in [6.45, 7) is 1.03. The number of halogens is 1. The Hall–Kier alpha value is -1.70. The number of piperidine rings is 1. The highest BCUT2D eigenvalue weighted by Crippen LogP contribution is 2.20. The zero-order chi connectivity index (χ0) is 17.0. The van der Waals surface area contributed by atoms with Crippen LogP contribution in [-0.2, 0) is 15.8 Å². The quantitative estimate of drug-likeness (QED) is 0.880. The first kappa shape index (κ1) is 17.1. The minimum Gasteiger partial charge on any atom is -0.367 e. The highest BCUT2D eigenvalue weighted by molar-refractivity contribution is 7.88. The minimum atomic E-state index is -3.31. The van der Waals surface area contributed by atoms with Crippen molar-refractivity contribution in [1.82, 2.24) is 14.3 Å². The normalized spacial score (nSPS) is 16.9. The van der Waals surface area contributed by atoms with Gasteiger partial charge in [0.25, 0.3) is 0 Å². The van der Waals surface area contributed by atoms with Gasteiger partial charge in [-0.2, -0.15) is 0 Å². The summed E-state index contributed by atoms with van der Waals surface area (Å²) in [5, 5.41) is 3.93. The molecule has 3 rings (SSSR count). The molecule has 0 unspecified atom stereocenters. The van der Waals surface area contributed by atoms with Crippen molar-refractivity contribution in [3.8, 4) is 0 Å². The first-order chi connectivity index (χ1) is 11.5. The number of nitrogens with one attached hydrogen (secondary N) is 1. The van der Waals surface area contributed by atoms with Gasteiger partial charge in [0, 0.05) is 30.4 Å². The van der Waals surface area contributed by atoms with Gasteiger partial charge in [0.15, 0.2) is 0 Å². The average Bonchev–Trinajstić information content (AvgIpc) is 2.58. The van der Waals surface area contributed by atoms with Crippen LogP contribution in [0.25, 0.3) is 0 Å². The molecule has 8 heteroatoms. The van der Waals surface area contributed by atoms with Crippen LogP contribution in [0.3, 0.4) is 0 Å². The van der Waals surface area contributed by atoms with Gasteiger partial charge in [0.05, 0.1) is 5.75 Å². The van der Waals surface area contributed by atoms with Crippen molar-refractivity contribution in [2.24, 2.45) is 0 Å². The zero-order valence-corrected chi connectivity index (χ0v) is 14.7. The molecule has 1 aliphatic rings. The Morgan fingerprint density at radius 2 is 1.88 bits per heavy atom. The van der Waals surface area contributed by atoms with Gasteiger partial charge in [0.2, 0.25) is 10.0 Å². The number of benzene rings is 1. The van der Waals surface area contributed by atoms with E-state index in [9.17, 15) is 8.42 Å². The van der Waals surface area contributed by atoms with Gasteiger partial charge in [-0.3, -0.25) is 0 Å². The van der Waals surface area contributed by atoms with Crippen molar-refractivity contribution in [2.75, 3.05) is 18.4 Å². The summed E-state index contributed by atoms with van der Waals surface area (Å²) in [5.74, 6) is 0.779. The number of sulfonamides is 1. The topological polar surface area (TPSA) is 75.2 Å². The second-order valence-corrected chi connectivity index (χ2v) is 8.20. The molecule has 0 radical (unpaired) electrons. The third-order valence-electron chi connectivity index (χ3n) is 4.04. The van der Waals surface area contributed by atoms with Crippen LogP contribution in [0.2, 0.25) is 5.02 Å². The van der Waals surface area contributed by atoms with Crippen LogP contribution >= 0.6 is 11.6 Å². The lowest BCUT2D eigenvalue weighted by Gasteiger charge is -2.31. The third-order valence-corrected chi connectivity index (χ3v) is 6.15. The number of rotatable bonds is 5. The molecule has 128 valence electrons. The number of anilines is 1. The Balaban J connectivity index is 1.56. The summed E-state index contributed by atoms with van der Waals surface area (Å²) in [4.78, 5) is 8.02. The Kier molecular flexibility index (Phi) is 5.33. The molecule has 1 aromatic heterocycles. The molecule has 0 aliphatic carbocycles. The lowest BCUT2D eigenvalue weighted by atomic mass is 10.1. The average molecular weight is 367 g/mol. The lowest BCUT2D eigenvalue weighted by Crippen LogP contribution is -2.42. The molecule has 2 heterocycles. The summed E-state index contributed by atoms with van der Waals surface area (Å²) >= 11 is 5.84. The van der Waals surface area contributed by atoms with E-state index >= 15 is 0 Å². The monoisotopic (exact) mass is 366 g/mol. The van der Waals surface area contributed by atoms with Crippen LogP contribution in [0.5, 0.6) is 0 Å². The largest absolute Gasteiger partial charge is 0.367 e. The fourth-order valence-electron chi connectivity index (χ4n) is 2.75. The fraction of sp³-hybridized carbons (Fsp3) is 0.375. The molecule has 1 fully saturated rings.